The molecular weight excluding hydrogens is 356 g/mol. The first kappa shape index (κ1) is 15.9. The molecule has 0 aliphatic heterocycles. The van der Waals surface area contributed by atoms with E-state index in [-0.39, 0.29) is 0 Å². The van der Waals surface area contributed by atoms with Crippen LogP contribution in [0.15, 0.2) is 91.5 Å². The lowest BCUT2D eigenvalue weighted by atomic mass is 10.2. The molecule has 0 bridgehead atoms. The highest BCUT2D eigenvalue weighted by Gasteiger charge is 2.15. The number of halogens is 1. The smallest absolute Gasteiger partial charge is 0.145 e. The Kier molecular flexibility index (Phi) is 3.77. The van der Waals surface area contributed by atoms with Crippen LogP contribution in [0.25, 0.3) is 33.8 Å². The quantitative estimate of drug-likeness (QED) is 0.418. The summed E-state index contributed by atoms with van der Waals surface area (Å²) in [6.07, 6.45) is 5.51. The minimum absolute atomic E-state index is 0.712. The second-order valence-electron chi connectivity index (χ2n) is 6.26. The van der Waals surface area contributed by atoms with E-state index in [2.05, 4.69) is 33.8 Å². The zero-order valence-corrected chi connectivity index (χ0v) is 15.1. The lowest BCUT2D eigenvalue weighted by Crippen LogP contribution is -1.98. The van der Waals surface area contributed by atoms with E-state index in [9.17, 15) is 0 Å². The number of hydrogen-bond donors (Lipinski definition) is 0. The summed E-state index contributed by atoms with van der Waals surface area (Å²) in [7, 11) is 0. The van der Waals surface area contributed by atoms with Gasteiger partial charge in [0.1, 0.15) is 5.82 Å². The van der Waals surface area contributed by atoms with Crippen LogP contribution >= 0.6 is 11.6 Å². The Morgan fingerprint density at radius 3 is 2.37 bits per heavy atom. The Labute approximate surface area is 161 Å². The maximum Gasteiger partial charge on any atom is 0.145 e. The fourth-order valence-corrected chi connectivity index (χ4v) is 3.39. The maximum absolute atomic E-state index is 6.08. The van der Waals surface area contributed by atoms with Gasteiger partial charge in [0, 0.05) is 34.4 Å². The van der Waals surface area contributed by atoms with Gasteiger partial charge in [-0.25, -0.2) is 9.97 Å². The van der Waals surface area contributed by atoms with Gasteiger partial charge in [0.05, 0.1) is 17.4 Å². The van der Waals surface area contributed by atoms with Gasteiger partial charge < -0.3 is 4.57 Å². The molecule has 0 N–H and O–H groups in total. The highest BCUT2D eigenvalue weighted by Crippen LogP contribution is 2.30. The normalized spacial score (nSPS) is 11.1. The summed E-state index contributed by atoms with van der Waals surface area (Å²) in [6.45, 7) is 0. The summed E-state index contributed by atoms with van der Waals surface area (Å²) in [5.41, 5.74) is 5.10. The molecule has 0 atom stereocenters. The van der Waals surface area contributed by atoms with Crippen molar-refractivity contribution in [1.29, 1.82) is 0 Å². The number of imidazole rings is 2. The van der Waals surface area contributed by atoms with Gasteiger partial charge in [0.25, 0.3) is 0 Å². The molecule has 0 radical (unpaired) electrons. The Morgan fingerprint density at radius 1 is 0.815 bits per heavy atom. The van der Waals surface area contributed by atoms with Crippen LogP contribution in [0.2, 0.25) is 5.02 Å². The summed E-state index contributed by atoms with van der Waals surface area (Å²) < 4.78 is 4.17. The van der Waals surface area contributed by atoms with Gasteiger partial charge in [0.2, 0.25) is 0 Å². The number of aromatic nitrogens is 4. The predicted molar refractivity (Wildman–Crippen MR) is 109 cm³/mol. The first-order valence-electron chi connectivity index (χ1n) is 8.62. The molecule has 5 aromatic rings. The van der Waals surface area contributed by atoms with Crippen LogP contribution in [0.1, 0.15) is 0 Å². The SMILES string of the molecule is Clc1ccc(-c2nc3ccc(-n4ccnc4)cc3n2-c2ccccc2)cc1. The van der Waals surface area contributed by atoms with Crippen molar-refractivity contribution in [2.45, 2.75) is 0 Å². The summed E-state index contributed by atoms with van der Waals surface area (Å²) in [5.74, 6) is 0.885. The lowest BCUT2D eigenvalue weighted by Gasteiger charge is -2.10. The molecule has 4 nitrogen and oxygen atoms in total. The van der Waals surface area contributed by atoms with Crippen LogP contribution in [0.3, 0.4) is 0 Å². The van der Waals surface area contributed by atoms with E-state index in [4.69, 9.17) is 16.6 Å². The number of para-hydroxylation sites is 1. The molecule has 130 valence electrons. The zero-order chi connectivity index (χ0) is 18.2. The number of benzene rings is 3. The molecule has 2 aromatic heterocycles. The lowest BCUT2D eigenvalue weighted by molar-refractivity contribution is 1.05. The van der Waals surface area contributed by atoms with Crippen LogP contribution in [-0.4, -0.2) is 19.1 Å². The molecular formula is C22H15ClN4. The third kappa shape index (κ3) is 2.80. The van der Waals surface area contributed by atoms with Crippen molar-refractivity contribution in [2.24, 2.45) is 0 Å². The van der Waals surface area contributed by atoms with Crippen LogP contribution < -0.4 is 0 Å². The number of rotatable bonds is 3. The molecule has 0 aliphatic carbocycles. The average Bonchev–Trinajstić information content (AvgIpc) is 3.37. The van der Waals surface area contributed by atoms with E-state index in [0.717, 1.165) is 33.8 Å². The molecule has 0 aliphatic rings. The van der Waals surface area contributed by atoms with Gasteiger partial charge >= 0.3 is 0 Å². The van der Waals surface area contributed by atoms with Gasteiger partial charge in [-0.3, -0.25) is 4.57 Å². The van der Waals surface area contributed by atoms with Crippen molar-refractivity contribution >= 4 is 22.6 Å². The minimum atomic E-state index is 0.712. The Bertz CT molecular complexity index is 1210. The van der Waals surface area contributed by atoms with E-state index in [1.807, 2.05) is 59.3 Å². The van der Waals surface area contributed by atoms with Gasteiger partial charge in [0.15, 0.2) is 0 Å². The highest BCUT2D eigenvalue weighted by atomic mass is 35.5. The molecule has 5 heteroatoms. The molecule has 2 heterocycles. The van der Waals surface area contributed by atoms with Gasteiger partial charge in [-0.15, -0.1) is 0 Å². The second-order valence-corrected chi connectivity index (χ2v) is 6.69. The topological polar surface area (TPSA) is 35.6 Å². The Morgan fingerprint density at radius 2 is 1.63 bits per heavy atom. The third-order valence-electron chi connectivity index (χ3n) is 4.56. The number of nitrogens with zero attached hydrogens (tertiary/aromatic N) is 4. The third-order valence-corrected chi connectivity index (χ3v) is 4.81. The van der Waals surface area contributed by atoms with Gasteiger partial charge in [-0.1, -0.05) is 29.8 Å². The molecule has 5 rings (SSSR count). The highest BCUT2D eigenvalue weighted by molar-refractivity contribution is 6.30. The molecule has 0 fully saturated rings. The van der Waals surface area contributed by atoms with Crippen molar-refractivity contribution in [3.63, 3.8) is 0 Å². The molecule has 0 amide bonds. The predicted octanol–water partition coefficient (Wildman–Crippen LogP) is 5.53. The van der Waals surface area contributed by atoms with Crippen LogP contribution in [0.5, 0.6) is 0 Å². The maximum atomic E-state index is 6.08. The first-order chi connectivity index (χ1) is 13.3. The Hall–Kier alpha value is -3.37. The number of fused-ring (bicyclic) bond motifs is 1. The van der Waals surface area contributed by atoms with Crippen LogP contribution in [0.4, 0.5) is 0 Å². The molecule has 0 spiro atoms. The fraction of sp³-hybridized carbons (Fsp3) is 0. The van der Waals surface area contributed by atoms with E-state index in [1.165, 1.54) is 0 Å². The molecule has 27 heavy (non-hydrogen) atoms. The molecule has 0 saturated carbocycles. The summed E-state index contributed by atoms with van der Waals surface area (Å²) >= 11 is 6.08. The molecule has 0 saturated heterocycles. The van der Waals surface area contributed by atoms with E-state index in [1.54, 1.807) is 12.5 Å². The van der Waals surface area contributed by atoms with E-state index >= 15 is 0 Å². The monoisotopic (exact) mass is 370 g/mol. The Balaban J connectivity index is 1.80. The van der Waals surface area contributed by atoms with E-state index in [0.29, 0.717) is 5.02 Å². The van der Waals surface area contributed by atoms with Crippen molar-refractivity contribution in [2.75, 3.05) is 0 Å². The standard InChI is InChI=1S/C22H15ClN4/c23-17-8-6-16(7-9-17)22-25-20-11-10-19(26-13-12-24-15-26)14-21(20)27(22)18-4-2-1-3-5-18/h1-15H. The minimum Gasteiger partial charge on any atom is -0.306 e. The van der Waals surface area contributed by atoms with Crippen molar-refractivity contribution in [3.05, 3.63) is 96.5 Å². The van der Waals surface area contributed by atoms with Gasteiger partial charge in [-0.2, -0.15) is 0 Å². The zero-order valence-electron chi connectivity index (χ0n) is 14.3. The fourth-order valence-electron chi connectivity index (χ4n) is 3.27. The average molecular weight is 371 g/mol. The van der Waals surface area contributed by atoms with Crippen LogP contribution in [0, 0.1) is 0 Å². The molecule has 3 aromatic carbocycles. The van der Waals surface area contributed by atoms with Gasteiger partial charge in [-0.05, 0) is 54.6 Å². The van der Waals surface area contributed by atoms with Crippen molar-refractivity contribution in [1.82, 2.24) is 19.1 Å². The summed E-state index contributed by atoms with van der Waals surface area (Å²) in [4.78, 5) is 9.05. The summed E-state index contributed by atoms with van der Waals surface area (Å²) in [5, 5.41) is 0.712. The van der Waals surface area contributed by atoms with Crippen molar-refractivity contribution < 1.29 is 0 Å². The number of hydrogen-bond acceptors (Lipinski definition) is 2. The summed E-state index contributed by atoms with van der Waals surface area (Å²) in [6, 6.07) is 24.3. The first-order valence-corrected chi connectivity index (χ1v) is 8.99. The van der Waals surface area contributed by atoms with E-state index < -0.39 is 0 Å². The molecule has 0 unspecified atom stereocenters. The van der Waals surface area contributed by atoms with Crippen LogP contribution in [-0.2, 0) is 0 Å². The largest absolute Gasteiger partial charge is 0.306 e. The second kappa shape index (κ2) is 6.41. The van der Waals surface area contributed by atoms with Crippen molar-refractivity contribution in [3.8, 4) is 22.8 Å².